The van der Waals surface area contributed by atoms with E-state index in [0.29, 0.717) is 16.5 Å². The third kappa shape index (κ3) is 4.73. The molecule has 32 heavy (non-hydrogen) atoms. The summed E-state index contributed by atoms with van der Waals surface area (Å²) in [6, 6.07) is 22.0. The standard InChI is InChI=1S/C25H23FN2O3S/c1-18(20-9-3-2-4-10-20)27-25(29)16-28-15-24(22-12-5-6-13-23(22)28)32(30,31)17-19-8-7-11-21(26)14-19/h2-15,18H,16-17H2,1H3,(H,27,29). The number of benzene rings is 3. The van der Waals surface area contributed by atoms with Gasteiger partial charge in [-0.1, -0.05) is 60.7 Å². The number of carbonyl (C=O) groups excluding carboxylic acids is 1. The highest BCUT2D eigenvalue weighted by Crippen LogP contribution is 2.28. The van der Waals surface area contributed by atoms with Crippen molar-refractivity contribution in [3.63, 3.8) is 0 Å². The molecule has 1 amide bonds. The molecule has 0 aliphatic rings. The number of para-hydroxylation sites is 1. The Morgan fingerprint density at radius 2 is 1.72 bits per heavy atom. The maximum atomic E-state index is 13.5. The number of aromatic nitrogens is 1. The molecule has 0 aliphatic heterocycles. The Hall–Kier alpha value is -3.45. The van der Waals surface area contributed by atoms with Gasteiger partial charge in [0.25, 0.3) is 0 Å². The fourth-order valence-corrected chi connectivity index (χ4v) is 5.35. The number of nitrogens with zero attached hydrogens (tertiary/aromatic N) is 1. The summed E-state index contributed by atoms with van der Waals surface area (Å²) in [6.07, 6.45) is 1.49. The molecule has 1 N–H and O–H groups in total. The number of carbonyl (C=O) groups is 1. The number of amides is 1. The number of sulfone groups is 1. The lowest BCUT2D eigenvalue weighted by Gasteiger charge is -2.15. The number of hydrogen-bond acceptors (Lipinski definition) is 3. The van der Waals surface area contributed by atoms with E-state index >= 15 is 0 Å². The third-order valence-corrected chi connectivity index (χ3v) is 7.03. The van der Waals surface area contributed by atoms with Crippen molar-refractivity contribution in [2.75, 3.05) is 0 Å². The molecule has 0 radical (unpaired) electrons. The van der Waals surface area contributed by atoms with Crippen LogP contribution in [0.2, 0.25) is 0 Å². The summed E-state index contributed by atoms with van der Waals surface area (Å²) < 4.78 is 41.5. The molecular weight excluding hydrogens is 427 g/mol. The van der Waals surface area contributed by atoms with E-state index in [1.165, 1.54) is 24.4 Å². The van der Waals surface area contributed by atoms with Crippen LogP contribution in [0.5, 0.6) is 0 Å². The maximum absolute atomic E-state index is 13.5. The molecular formula is C25H23FN2O3S. The normalized spacial score (nSPS) is 12.6. The number of halogens is 1. The first-order valence-corrected chi connectivity index (χ1v) is 11.9. The molecule has 1 unspecified atom stereocenters. The smallest absolute Gasteiger partial charge is 0.240 e. The van der Waals surface area contributed by atoms with Crippen molar-refractivity contribution >= 4 is 26.6 Å². The first-order chi connectivity index (χ1) is 15.3. The molecule has 0 saturated carbocycles. The van der Waals surface area contributed by atoms with Crippen LogP contribution in [0.1, 0.15) is 24.1 Å². The highest BCUT2D eigenvalue weighted by molar-refractivity contribution is 7.90. The van der Waals surface area contributed by atoms with Crippen LogP contribution in [0, 0.1) is 5.82 Å². The molecule has 1 aromatic heterocycles. The molecule has 1 atom stereocenters. The zero-order valence-electron chi connectivity index (χ0n) is 17.5. The van der Waals surface area contributed by atoms with Crippen molar-refractivity contribution in [3.05, 3.63) is 102 Å². The molecule has 0 bridgehead atoms. The van der Waals surface area contributed by atoms with E-state index in [4.69, 9.17) is 0 Å². The van der Waals surface area contributed by atoms with Gasteiger partial charge in [0.15, 0.2) is 9.84 Å². The molecule has 0 spiro atoms. The molecule has 0 fully saturated rings. The van der Waals surface area contributed by atoms with Gasteiger partial charge in [-0.15, -0.1) is 0 Å². The fraction of sp³-hybridized carbons (Fsp3) is 0.160. The van der Waals surface area contributed by atoms with Crippen molar-refractivity contribution in [3.8, 4) is 0 Å². The summed E-state index contributed by atoms with van der Waals surface area (Å²) in [6.45, 7) is 1.88. The lowest BCUT2D eigenvalue weighted by Crippen LogP contribution is -2.29. The fourth-order valence-electron chi connectivity index (χ4n) is 3.78. The first kappa shape index (κ1) is 21.8. The van der Waals surface area contributed by atoms with Crippen LogP contribution in [-0.4, -0.2) is 18.9 Å². The maximum Gasteiger partial charge on any atom is 0.240 e. The van der Waals surface area contributed by atoms with Crippen LogP contribution in [0.3, 0.4) is 0 Å². The monoisotopic (exact) mass is 450 g/mol. The van der Waals surface area contributed by atoms with Crippen LogP contribution < -0.4 is 5.32 Å². The predicted octanol–water partition coefficient (Wildman–Crippen LogP) is 4.63. The van der Waals surface area contributed by atoms with Gasteiger partial charge in [0.1, 0.15) is 12.4 Å². The zero-order chi connectivity index (χ0) is 22.7. The highest BCUT2D eigenvalue weighted by atomic mass is 32.2. The van der Waals surface area contributed by atoms with Crippen molar-refractivity contribution in [2.45, 2.75) is 30.2 Å². The molecule has 4 rings (SSSR count). The Morgan fingerprint density at radius 3 is 2.47 bits per heavy atom. The zero-order valence-corrected chi connectivity index (χ0v) is 18.3. The van der Waals surface area contributed by atoms with Gasteiger partial charge in [-0.2, -0.15) is 0 Å². The molecule has 0 aliphatic carbocycles. The van der Waals surface area contributed by atoms with Crippen LogP contribution >= 0.6 is 0 Å². The minimum atomic E-state index is -3.76. The molecule has 164 valence electrons. The Bertz CT molecular complexity index is 1360. The van der Waals surface area contributed by atoms with Gasteiger partial charge in [-0.3, -0.25) is 4.79 Å². The summed E-state index contributed by atoms with van der Waals surface area (Å²) in [5, 5.41) is 3.49. The Morgan fingerprint density at radius 1 is 1.00 bits per heavy atom. The third-order valence-electron chi connectivity index (χ3n) is 5.32. The lowest BCUT2D eigenvalue weighted by atomic mass is 10.1. The van der Waals surface area contributed by atoms with Crippen molar-refractivity contribution in [2.24, 2.45) is 0 Å². The number of rotatable bonds is 7. The average molecular weight is 451 g/mol. The summed E-state index contributed by atoms with van der Waals surface area (Å²) in [7, 11) is -3.76. The minimum absolute atomic E-state index is 0.0207. The van der Waals surface area contributed by atoms with Gasteiger partial charge >= 0.3 is 0 Å². The van der Waals surface area contributed by atoms with E-state index in [0.717, 1.165) is 5.56 Å². The molecule has 1 heterocycles. The molecule has 3 aromatic carbocycles. The molecule has 0 saturated heterocycles. The SMILES string of the molecule is CC(NC(=O)Cn1cc(S(=O)(=O)Cc2cccc(F)c2)c2ccccc21)c1ccccc1. The van der Waals surface area contributed by atoms with Crippen LogP contribution in [0.4, 0.5) is 4.39 Å². The van der Waals surface area contributed by atoms with E-state index in [-0.39, 0.29) is 29.1 Å². The van der Waals surface area contributed by atoms with E-state index in [9.17, 15) is 17.6 Å². The Balaban J connectivity index is 1.60. The van der Waals surface area contributed by atoms with E-state index in [1.807, 2.05) is 37.3 Å². The van der Waals surface area contributed by atoms with Gasteiger partial charge in [0.05, 0.1) is 16.7 Å². The van der Waals surface area contributed by atoms with Crippen molar-refractivity contribution < 1.29 is 17.6 Å². The van der Waals surface area contributed by atoms with Gasteiger partial charge in [-0.05, 0) is 36.2 Å². The summed E-state index contributed by atoms with van der Waals surface area (Å²) in [4.78, 5) is 12.8. The van der Waals surface area contributed by atoms with Gasteiger partial charge in [-0.25, -0.2) is 12.8 Å². The lowest BCUT2D eigenvalue weighted by molar-refractivity contribution is -0.122. The van der Waals surface area contributed by atoms with Crippen LogP contribution in [-0.2, 0) is 26.9 Å². The van der Waals surface area contributed by atoms with Gasteiger partial charge in [0.2, 0.25) is 5.91 Å². The number of nitrogens with one attached hydrogen (secondary N) is 1. The van der Waals surface area contributed by atoms with Crippen molar-refractivity contribution in [1.29, 1.82) is 0 Å². The highest BCUT2D eigenvalue weighted by Gasteiger charge is 2.23. The first-order valence-electron chi connectivity index (χ1n) is 10.2. The van der Waals surface area contributed by atoms with Gasteiger partial charge in [0, 0.05) is 17.1 Å². The largest absolute Gasteiger partial charge is 0.348 e. The van der Waals surface area contributed by atoms with Gasteiger partial charge < -0.3 is 9.88 Å². The summed E-state index contributed by atoms with van der Waals surface area (Å²) in [5.41, 5.74) is 2.00. The Labute approximate surface area is 186 Å². The number of fused-ring (bicyclic) bond motifs is 1. The van der Waals surface area contributed by atoms with Crippen molar-refractivity contribution in [1.82, 2.24) is 9.88 Å². The summed E-state index contributed by atoms with van der Waals surface area (Å²) in [5.74, 6) is -1.03. The molecule has 7 heteroatoms. The second-order valence-corrected chi connectivity index (χ2v) is 9.69. The van der Waals surface area contributed by atoms with E-state index in [1.54, 1.807) is 34.9 Å². The Kier molecular flexibility index (Phi) is 6.10. The quantitative estimate of drug-likeness (QED) is 0.446. The van der Waals surface area contributed by atoms with E-state index in [2.05, 4.69) is 5.32 Å². The predicted molar refractivity (Wildman–Crippen MR) is 122 cm³/mol. The number of hydrogen-bond donors (Lipinski definition) is 1. The molecule has 5 nitrogen and oxygen atoms in total. The molecule has 4 aromatic rings. The minimum Gasteiger partial charge on any atom is -0.348 e. The second-order valence-electron chi connectivity index (χ2n) is 7.73. The summed E-state index contributed by atoms with van der Waals surface area (Å²) >= 11 is 0. The average Bonchev–Trinajstić information content (AvgIpc) is 3.13. The second kappa shape index (κ2) is 8.96. The van der Waals surface area contributed by atoms with E-state index < -0.39 is 15.7 Å². The van der Waals surface area contributed by atoms with Crippen LogP contribution in [0.15, 0.2) is 90.0 Å². The van der Waals surface area contributed by atoms with Crippen LogP contribution in [0.25, 0.3) is 10.9 Å². The topological polar surface area (TPSA) is 68.2 Å².